The number of aromatic nitrogens is 2. The van der Waals surface area contributed by atoms with Crippen LogP contribution in [0.1, 0.15) is 36.1 Å². The third-order valence-electron chi connectivity index (χ3n) is 7.40. The van der Waals surface area contributed by atoms with Crippen molar-refractivity contribution in [1.29, 1.82) is 0 Å². The molecule has 174 valence electrons. The SMILES string of the molecule is O=C([C@@H]1CCc2nc(N3CCCC3)ncc2C1)N1CCN(Cc2ccc3c(c2)OCO3)CC1. The minimum atomic E-state index is 0.0548. The van der Waals surface area contributed by atoms with Gasteiger partial charge in [-0.3, -0.25) is 9.69 Å². The van der Waals surface area contributed by atoms with Crippen molar-refractivity contribution in [2.75, 3.05) is 51.0 Å². The molecule has 0 unspecified atom stereocenters. The van der Waals surface area contributed by atoms with Gasteiger partial charge in [0.2, 0.25) is 18.6 Å². The van der Waals surface area contributed by atoms with Gasteiger partial charge in [-0.05, 0) is 55.4 Å². The Morgan fingerprint density at radius 3 is 2.70 bits per heavy atom. The van der Waals surface area contributed by atoms with Gasteiger partial charge in [0, 0.05) is 63.6 Å². The molecule has 1 atom stereocenters. The molecule has 2 fully saturated rings. The van der Waals surface area contributed by atoms with E-state index in [4.69, 9.17) is 14.5 Å². The van der Waals surface area contributed by atoms with Crippen molar-refractivity contribution in [3.8, 4) is 11.5 Å². The molecule has 1 aliphatic carbocycles. The highest BCUT2D eigenvalue weighted by Crippen LogP contribution is 2.33. The summed E-state index contributed by atoms with van der Waals surface area (Å²) in [6, 6.07) is 6.15. The van der Waals surface area contributed by atoms with Gasteiger partial charge in [0.1, 0.15) is 0 Å². The van der Waals surface area contributed by atoms with Crippen molar-refractivity contribution in [3.05, 3.63) is 41.2 Å². The van der Waals surface area contributed by atoms with E-state index in [2.05, 4.69) is 31.8 Å². The van der Waals surface area contributed by atoms with Crippen molar-refractivity contribution in [1.82, 2.24) is 19.8 Å². The Kier molecular flexibility index (Phi) is 5.54. The highest BCUT2D eigenvalue weighted by atomic mass is 16.7. The van der Waals surface area contributed by atoms with Crippen LogP contribution in [0.5, 0.6) is 11.5 Å². The molecule has 0 N–H and O–H groups in total. The van der Waals surface area contributed by atoms with Gasteiger partial charge in [0.15, 0.2) is 11.5 Å². The van der Waals surface area contributed by atoms with Gasteiger partial charge in [-0.25, -0.2) is 9.97 Å². The van der Waals surface area contributed by atoms with Gasteiger partial charge in [-0.15, -0.1) is 0 Å². The topological polar surface area (TPSA) is 71.0 Å². The van der Waals surface area contributed by atoms with E-state index < -0.39 is 0 Å². The average Bonchev–Trinajstić information content (AvgIpc) is 3.56. The highest BCUT2D eigenvalue weighted by Gasteiger charge is 2.31. The first-order valence-electron chi connectivity index (χ1n) is 12.2. The number of carbonyl (C=O) groups excluding carboxylic acids is 1. The average molecular weight is 450 g/mol. The van der Waals surface area contributed by atoms with E-state index in [1.54, 1.807) is 0 Å². The Balaban J connectivity index is 1.03. The zero-order valence-electron chi connectivity index (χ0n) is 19.0. The second kappa shape index (κ2) is 8.82. The molecule has 2 saturated heterocycles. The van der Waals surface area contributed by atoms with E-state index in [1.165, 1.54) is 18.4 Å². The van der Waals surface area contributed by atoms with Gasteiger partial charge in [0.05, 0.1) is 0 Å². The molecule has 2 aromatic rings. The lowest BCUT2D eigenvalue weighted by molar-refractivity contribution is -0.137. The Morgan fingerprint density at radius 1 is 1.03 bits per heavy atom. The highest BCUT2D eigenvalue weighted by molar-refractivity contribution is 5.79. The van der Waals surface area contributed by atoms with E-state index in [1.807, 2.05) is 12.3 Å². The summed E-state index contributed by atoms with van der Waals surface area (Å²) >= 11 is 0. The van der Waals surface area contributed by atoms with Crippen LogP contribution in [0.2, 0.25) is 0 Å². The molecule has 8 heteroatoms. The molecule has 1 aromatic heterocycles. The maximum Gasteiger partial charge on any atom is 0.231 e. The fourth-order valence-electron chi connectivity index (χ4n) is 5.46. The Bertz CT molecular complexity index is 1030. The molecule has 0 saturated carbocycles. The number of fused-ring (bicyclic) bond motifs is 2. The maximum atomic E-state index is 13.3. The summed E-state index contributed by atoms with van der Waals surface area (Å²) in [6.45, 7) is 6.65. The first kappa shape index (κ1) is 20.7. The molecule has 0 radical (unpaired) electrons. The predicted octanol–water partition coefficient (Wildman–Crippen LogP) is 2.25. The number of piperazine rings is 1. The number of aryl methyl sites for hydroxylation is 1. The van der Waals surface area contributed by atoms with E-state index in [0.29, 0.717) is 12.7 Å². The fraction of sp³-hybridized carbons (Fsp3) is 0.560. The van der Waals surface area contributed by atoms with Crippen molar-refractivity contribution >= 4 is 11.9 Å². The van der Waals surface area contributed by atoms with Crippen LogP contribution in [-0.4, -0.2) is 71.7 Å². The summed E-state index contributed by atoms with van der Waals surface area (Å²) in [5, 5.41) is 0. The van der Waals surface area contributed by atoms with Crippen molar-refractivity contribution in [2.45, 2.75) is 38.6 Å². The Hall–Kier alpha value is -2.87. The van der Waals surface area contributed by atoms with Gasteiger partial charge in [-0.2, -0.15) is 0 Å². The lowest BCUT2D eigenvalue weighted by atomic mass is 9.86. The number of carbonyl (C=O) groups is 1. The second-order valence-electron chi connectivity index (χ2n) is 9.56. The lowest BCUT2D eigenvalue weighted by Gasteiger charge is -2.37. The van der Waals surface area contributed by atoms with Crippen LogP contribution in [0.25, 0.3) is 0 Å². The van der Waals surface area contributed by atoms with Crippen LogP contribution in [0, 0.1) is 5.92 Å². The second-order valence-corrected chi connectivity index (χ2v) is 9.56. The first-order chi connectivity index (χ1) is 16.2. The summed E-state index contributed by atoms with van der Waals surface area (Å²) in [5.41, 5.74) is 3.52. The standard InChI is InChI=1S/C25H31N5O3/c31-24(19-4-5-21-20(14-19)15-26-25(27-21)30-7-1-2-8-30)29-11-9-28(10-12-29)16-18-3-6-22-23(13-18)33-17-32-22/h3,6,13,15,19H,1-2,4-5,7-12,14,16-17H2/t19-/m1/s1. The minimum absolute atomic E-state index is 0.0548. The minimum Gasteiger partial charge on any atom is -0.454 e. The summed E-state index contributed by atoms with van der Waals surface area (Å²) in [5.74, 6) is 2.87. The van der Waals surface area contributed by atoms with E-state index in [9.17, 15) is 4.79 Å². The van der Waals surface area contributed by atoms with Crippen LogP contribution in [0.4, 0.5) is 5.95 Å². The van der Waals surface area contributed by atoms with Crippen LogP contribution in [0.15, 0.2) is 24.4 Å². The predicted molar refractivity (Wildman–Crippen MR) is 123 cm³/mol. The molecule has 1 aromatic carbocycles. The van der Waals surface area contributed by atoms with Gasteiger partial charge < -0.3 is 19.3 Å². The molecule has 33 heavy (non-hydrogen) atoms. The summed E-state index contributed by atoms with van der Waals surface area (Å²) < 4.78 is 10.9. The fourth-order valence-corrected chi connectivity index (χ4v) is 5.46. The third kappa shape index (κ3) is 4.24. The van der Waals surface area contributed by atoms with Crippen LogP contribution >= 0.6 is 0 Å². The summed E-state index contributed by atoms with van der Waals surface area (Å²) in [4.78, 5) is 29.5. The molecule has 8 nitrogen and oxygen atoms in total. The lowest BCUT2D eigenvalue weighted by Crippen LogP contribution is -2.50. The number of amides is 1. The number of ether oxygens (including phenoxy) is 2. The molecule has 4 aliphatic rings. The summed E-state index contributed by atoms with van der Waals surface area (Å²) in [7, 11) is 0. The maximum absolute atomic E-state index is 13.3. The molecule has 0 spiro atoms. The first-order valence-corrected chi connectivity index (χ1v) is 12.2. The van der Waals surface area contributed by atoms with Crippen LogP contribution in [-0.2, 0) is 24.2 Å². The van der Waals surface area contributed by atoms with E-state index in [-0.39, 0.29) is 5.92 Å². The number of rotatable bonds is 4. The van der Waals surface area contributed by atoms with Crippen molar-refractivity contribution < 1.29 is 14.3 Å². The van der Waals surface area contributed by atoms with Crippen molar-refractivity contribution in [3.63, 3.8) is 0 Å². The van der Waals surface area contributed by atoms with Crippen molar-refractivity contribution in [2.24, 2.45) is 5.92 Å². The number of hydrogen-bond donors (Lipinski definition) is 0. The third-order valence-corrected chi connectivity index (χ3v) is 7.40. The molecular weight excluding hydrogens is 418 g/mol. The summed E-state index contributed by atoms with van der Waals surface area (Å²) in [6.07, 6.45) is 6.95. The largest absolute Gasteiger partial charge is 0.454 e. The molecule has 3 aliphatic heterocycles. The number of hydrogen-bond acceptors (Lipinski definition) is 7. The quantitative estimate of drug-likeness (QED) is 0.709. The Labute approximate surface area is 194 Å². The molecule has 0 bridgehead atoms. The van der Waals surface area contributed by atoms with Gasteiger partial charge in [0.25, 0.3) is 0 Å². The molecular formula is C25H31N5O3. The number of benzene rings is 1. The van der Waals surface area contributed by atoms with Crippen LogP contribution < -0.4 is 14.4 Å². The molecule has 1 amide bonds. The number of anilines is 1. The monoisotopic (exact) mass is 449 g/mol. The molecule has 6 rings (SSSR count). The molecule has 4 heterocycles. The zero-order chi connectivity index (χ0) is 22.2. The Morgan fingerprint density at radius 2 is 1.85 bits per heavy atom. The van der Waals surface area contributed by atoms with Gasteiger partial charge in [-0.1, -0.05) is 6.07 Å². The zero-order valence-corrected chi connectivity index (χ0v) is 19.0. The smallest absolute Gasteiger partial charge is 0.231 e. The van der Waals surface area contributed by atoms with Gasteiger partial charge >= 0.3 is 0 Å². The number of nitrogens with zero attached hydrogens (tertiary/aromatic N) is 5. The van der Waals surface area contributed by atoms with Crippen LogP contribution in [0.3, 0.4) is 0 Å². The normalized spacial score (nSPS) is 22.5. The van der Waals surface area contributed by atoms with E-state index in [0.717, 1.165) is 93.8 Å². The van der Waals surface area contributed by atoms with E-state index >= 15 is 0 Å².